The molecule has 0 radical (unpaired) electrons. The lowest BCUT2D eigenvalue weighted by molar-refractivity contribution is -0.133. The first-order valence-corrected chi connectivity index (χ1v) is 7.28. The minimum absolute atomic E-state index is 0.178. The van der Waals surface area contributed by atoms with E-state index in [1.807, 2.05) is 16.3 Å². The molecule has 5 heteroatoms. The molecule has 1 aromatic heterocycles. The van der Waals surface area contributed by atoms with E-state index < -0.39 is 0 Å². The third-order valence-corrected chi connectivity index (χ3v) is 4.54. The molecule has 1 aliphatic rings. The first kappa shape index (κ1) is 13.5. The third-order valence-electron chi connectivity index (χ3n) is 3.51. The fourth-order valence-electron chi connectivity index (χ4n) is 2.22. The van der Waals surface area contributed by atoms with Crippen LogP contribution in [0.5, 0.6) is 0 Å². The van der Waals surface area contributed by atoms with E-state index in [1.54, 1.807) is 11.3 Å². The van der Waals surface area contributed by atoms with Crippen LogP contribution in [0, 0.1) is 0 Å². The summed E-state index contributed by atoms with van der Waals surface area (Å²) in [5, 5.41) is 2.04. The predicted molar refractivity (Wildman–Crippen MR) is 74.8 cm³/mol. The highest BCUT2D eigenvalue weighted by atomic mass is 32.1. The van der Waals surface area contributed by atoms with Gasteiger partial charge in [-0.25, -0.2) is 0 Å². The second kappa shape index (κ2) is 6.31. The molecule has 1 fully saturated rings. The molecule has 2 rings (SSSR count). The number of hydrogen-bond donors (Lipinski definition) is 1. The number of piperazine rings is 1. The zero-order valence-corrected chi connectivity index (χ0v) is 11.7. The van der Waals surface area contributed by atoms with Gasteiger partial charge >= 0.3 is 0 Å². The Morgan fingerprint density at radius 3 is 2.72 bits per heavy atom. The molecule has 1 atom stereocenters. The molecule has 4 nitrogen and oxygen atoms in total. The van der Waals surface area contributed by atoms with Gasteiger partial charge in [0.25, 0.3) is 0 Å². The maximum Gasteiger partial charge on any atom is 0.223 e. The van der Waals surface area contributed by atoms with Crippen molar-refractivity contribution in [3.05, 3.63) is 22.4 Å². The van der Waals surface area contributed by atoms with Crippen molar-refractivity contribution < 1.29 is 4.79 Å². The van der Waals surface area contributed by atoms with Crippen molar-refractivity contribution in [2.24, 2.45) is 5.73 Å². The van der Waals surface area contributed by atoms with Crippen LogP contribution in [0.4, 0.5) is 0 Å². The average Bonchev–Trinajstić information content (AvgIpc) is 2.90. The highest BCUT2D eigenvalue weighted by Crippen LogP contribution is 2.24. The molecule has 0 spiro atoms. The smallest absolute Gasteiger partial charge is 0.223 e. The van der Waals surface area contributed by atoms with Gasteiger partial charge in [-0.15, -0.1) is 11.3 Å². The van der Waals surface area contributed by atoms with E-state index >= 15 is 0 Å². The van der Waals surface area contributed by atoms with E-state index in [1.165, 1.54) is 4.88 Å². The summed E-state index contributed by atoms with van der Waals surface area (Å²) in [5.74, 6) is 0.420. The van der Waals surface area contributed by atoms with Gasteiger partial charge in [-0.05, 0) is 18.5 Å². The summed E-state index contributed by atoms with van der Waals surface area (Å²) in [7, 11) is 2.09. The van der Waals surface area contributed by atoms with E-state index in [4.69, 9.17) is 5.73 Å². The summed E-state index contributed by atoms with van der Waals surface area (Å²) >= 11 is 1.69. The number of thiophene rings is 1. The van der Waals surface area contributed by atoms with Gasteiger partial charge in [0.15, 0.2) is 0 Å². The number of hydrogen-bond acceptors (Lipinski definition) is 4. The maximum absolute atomic E-state index is 12.2. The van der Waals surface area contributed by atoms with Crippen molar-refractivity contribution in [3.8, 4) is 0 Å². The van der Waals surface area contributed by atoms with Crippen LogP contribution >= 0.6 is 11.3 Å². The zero-order valence-electron chi connectivity index (χ0n) is 10.8. The Kier molecular flexibility index (Phi) is 4.74. The molecule has 0 saturated carbocycles. The Balaban J connectivity index is 1.90. The van der Waals surface area contributed by atoms with Gasteiger partial charge < -0.3 is 15.5 Å². The average molecular weight is 267 g/mol. The molecule has 1 aliphatic heterocycles. The lowest BCUT2D eigenvalue weighted by Gasteiger charge is -2.33. The fourth-order valence-corrected chi connectivity index (χ4v) is 3.06. The van der Waals surface area contributed by atoms with E-state index in [2.05, 4.69) is 18.0 Å². The Labute approximate surface area is 112 Å². The Hall–Kier alpha value is -0.910. The van der Waals surface area contributed by atoms with Crippen molar-refractivity contribution in [2.75, 3.05) is 39.8 Å². The van der Waals surface area contributed by atoms with Crippen LogP contribution in [-0.4, -0.2) is 55.5 Å². The molecular formula is C13H21N3OS. The molecule has 0 aliphatic carbocycles. The topological polar surface area (TPSA) is 49.6 Å². The molecule has 1 aromatic rings. The summed E-state index contributed by atoms with van der Waals surface area (Å²) in [4.78, 5) is 17.7. The summed E-state index contributed by atoms with van der Waals surface area (Å²) < 4.78 is 0. The van der Waals surface area contributed by atoms with Crippen LogP contribution in [0.25, 0.3) is 0 Å². The van der Waals surface area contributed by atoms with Crippen molar-refractivity contribution in [3.63, 3.8) is 0 Å². The predicted octanol–water partition coefficient (Wildman–Crippen LogP) is 0.955. The molecule has 1 saturated heterocycles. The van der Waals surface area contributed by atoms with Gasteiger partial charge in [-0.1, -0.05) is 6.07 Å². The van der Waals surface area contributed by atoms with Crippen molar-refractivity contribution in [1.29, 1.82) is 0 Å². The number of likely N-dealkylation sites (N-methyl/N-ethyl adjacent to an activating group) is 1. The maximum atomic E-state index is 12.2. The Bertz CT molecular complexity index is 372. The quantitative estimate of drug-likeness (QED) is 0.884. The second-order valence-electron chi connectivity index (χ2n) is 4.84. The largest absolute Gasteiger partial charge is 0.340 e. The minimum atomic E-state index is 0.178. The van der Waals surface area contributed by atoms with Crippen LogP contribution in [0.15, 0.2) is 17.5 Å². The molecule has 0 bridgehead atoms. The van der Waals surface area contributed by atoms with Gasteiger partial charge in [-0.2, -0.15) is 0 Å². The highest BCUT2D eigenvalue weighted by Gasteiger charge is 2.22. The van der Waals surface area contributed by atoms with E-state index in [0.717, 1.165) is 26.2 Å². The highest BCUT2D eigenvalue weighted by molar-refractivity contribution is 7.10. The summed E-state index contributed by atoms with van der Waals surface area (Å²) in [6, 6.07) is 4.09. The van der Waals surface area contributed by atoms with E-state index in [9.17, 15) is 4.79 Å². The second-order valence-corrected chi connectivity index (χ2v) is 5.82. The number of carbonyl (C=O) groups is 1. The Morgan fingerprint density at radius 1 is 1.44 bits per heavy atom. The zero-order chi connectivity index (χ0) is 13.0. The molecule has 18 heavy (non-hydrogen) atoms. The molecule has 1 unspecified atom stereocenters. The third kappa shape index (κ3) is 3.31. The number of carbonyl (C=O) groups excluding carboxylic acids is 1. The first-order valence-electron chi connectivity index (χ1n) is 6.40. The first-order chi connectivity index (χ1) is 8.70. The summed E-state index contributed by atoms with van der Waals surface area (Å²) in [5.41, 5.74) is 5.79. The normalized spacial score (nSPS) is 18.9. The van der Waals surface area contributed by atoms with Gasteiger partial charge in [0.1, 0.15) is 0 Å². The lowest BCUT2D eigenvalue weighted by atomic mass is 10.0. The van der Waals surface area contributed by atoms with E-state index in [-0.39, 0.29) is 11.8 Å². The molecule has 2 N–H and O–H groups in total. The molecule has 0 aromatic carbocycles. The summed E-state index contributed by atoms with van der Waals surface area (Å²) in [6.07, 6.45) is 0.542. The summed E-state index contributed by atoms with van der Waals surface area (Å²) in [6.45, 7) is 4.17. The van der Waals surface area contributed by atoms with Gasteiger partial charge in [0.05, 0.1) is 0 Å². The molecule has 1 amide bonds. The van der Waals surface area contributed by atoms with Crippen LogP contribution in [0.1, 0.15) is 17.2 Å². The minimum Gasteiger partial charge on any atom is -0.340 e. The molecular weight excluding hydrogens is 246 g/mol. The number of amides is 1. The standard InChI is InChI=1S/C13H21N3OS/c1-15-4-6-16(7-5-15)13(17)9-11(10-14)12-3-2-8-18-12/h2-3,8,11H,4-7,9-10,14H2,1H3. The van der Waals surface area contributed by atoms with Crippen LogP contribution in [-0.2, 0) is 4.79 Å². The van der Waals surface area contributed by atoms with Gasteiger partial charge in [0, 0.05) is 49.9 Å². The fraction of sp³-hybridized carbons (Fsp3) is 0.615. The number of nitrogens with two attached hydrogens (primary N) is 1. The van der Waals surface area contributed by atoms with Gasteiger partial charge in [0.2, 0.25) is 5.91 Å². The lowest BCUT2D eigenvalue weighted by Crippen LogP contribution is -2.47. The van der Waals surface area contributed by atoms with Crippen LogP contribution in [0.3, 0.4) is 0 Å². The SMILES string of the molecule is CN1CCN(C(=O)CC(CN)c2cccs2)CC1. The Morgan fingerprint density at radius 2 is 2.17 bits per heavy atom. The molecule has 100 valence electrons. The monoisotopic (exact) mass is 267 g/mol. The number of rotatable bonds is 4. The van der Waals surface area contributed by atoms with Crippen molar-refractivity contribution in [2.45, 2.75) is 12.3 Å². The van der Waals surface area contributed by atoms with Crippen LogP contribution in [0.2, 0.25) is 0 Å². The molecule has 2 heterocycles. The van der Waals surface area contributed by atoms with Crippen molar-refractivity contribution in [1.82, 2.24) is 9.80 Å². The number of nitrogens with zero attached hydrogens (tertiary/aromatic N) is 2. The van der Waals surface area contributed by atoms with Crippen LogP contribution < -0.4 is 5.73 Å². The van der Waals surface area contributed by atoms with E-state index in [0.29, 0.717) is 13.0 Å². The van der Waals surface area contributed by atoms with Gasteiger partial charge in [-0.3, -0.25) is 4.79 Å². The van der Waals surface area contributed by atoms with Crippen molar-refractivity contribution >= 4 is 17.2 Å².